The van der Waals surface area contributed by atoms with Gasteiger partial charge in [0.1, 0.15) is 5.75 Å². The predicted octanol–water partition coefficient (Wildman–Crippen LogP) is 3.40. The molecule has 0 aliphatic heterocycles. The summed E-state index contributed by atoms with van der Waals surface area (Å²) in [6, 6.07) is 6.05. The smallest absolute Gasteiger partial charge is 0.142 e. The molecule has 2 heteroatoms. The second-order valence-corrected chi connectivity index (χ2v) is 3.78. The molecule has 0 aromatic heterocycles. The van der Waals surface area contributed by atoms with E-state index in [0.717, 1.165) is 30.7 Å². The van der Waals surface area contributed by atoms with Gasteiger partial charge in [0.2, 0.25) is 0 Å². The summed E-state index contributed by atoms with van der Waals surface area (Å²) in [5.41, 5.74) is 7.93. The van der Waals surface area contributed by atoms with Crippen LogP contribution >= 0.6 is 0 Å². The summed E-state index contributed by atoms with van der Waals surface area (Å²) in [6.07, 6.45) is 3.33. The summed E-state index contributed by atoms with van der Waals surface area (Å²) in [4.78, 5) is 0. The molecule has 0 unspecified atom stereocenters. The summed E-state index contributed by atoms with van der Waals surface area (Å²) in [5, 5.41) is 0. The summed E-state index contributed by atoms with van der Waals surface area (Å²) in [5.74, 6) is 0.820. The number of aryl methyl sites for hydroxylation is 1. The van der Waals surface area contributed by atoms with Gasteiger partial charge in [-0.1, -0.05) is 26.8 Å². The molecule has 0 saturated carbocycles. The Balaban J connectivity index is 2.77. The van der Waals surface area contributed by atoms with E-state index in [-0.39, 0.29) is 6.10 Å². The average Bonchev–Trinajstić information content (AvgIpc) is 2.27. The van der Waals surface area contributed by atoms with Crippen LogP contribution in [0.15, 0.2) is 18.2 Å². The summed E-state index contributed by atoms with van der Waals surface area (Å²) in [6.45, 7) is 6.38. The number of hydrogen-bond donors (Lipinski definition) is 1. The topological polar surface area (TPSA) is 35.2 Å². The Labute approximate surface area is 92.4 Å². The lowest BCUT2D eigenvalue weighted by molar-refractivity contribution is 0.194. The van der Waals surface area contributed by atoms with E-state index >= 15 is 0 Å². The van der Waals surface area contributed by atoms with Gasteiger partial charge >= 0.3 is 0 Å². The molecule has 84 valence electrons. The van der Waals surface area contributed by atoms with Crippen LogP contribution < -0.4 is 10.5 Å². The Kier molecular flexibility index (Phi) is 4.47. The standard InChI is InChI=1S/C13H21NO/c1-4-10-7-8-13(12(14)9-10)15-11(5-2)6-3/h7-9,11H,4-6,14H2,1-3H3. The van der Waals surface area contributed by atoms with E-state index in [1.165, 1.54) is 5.56 Å². The van der Waals surface area contributed by atoms with E-state index in [1.807, 2.05) is 12.1 Å². The molecule has 1 aromatic carbocycles. The normalized spacial score (nSPS) is 10.7. The van der Waals surface area contributed by atoms with Gasteiger partial charge in [0.25, 0.3) is 0 Å². The molecule has 0 radical (unpaired) electrons. The lowest BCUT2D eigenvalue weighted by Crippen LogP contribution is -2.14. The summed E-state index contributed by atoms with van der Waals surface area (Å²) in [7, 11) is 0. The second kappa shape index (κ2) is 5.64. The lowest BCUT2D eigenvalue weighted by Gasteiger charge is -2.17. The van der Waals surface area contributed by atoms with E-state index in [4.69, 9.17) is 10.5 Å². The van der Waals surface area contributed by atoms with E-state index in [2.05, 4.69) is 26.8 Å². The summed E-state index contributed by atoms with van der Waals surface area (Å²) >= 11 is 0. The largest absolute Gasteiger partial charge is 0.488 e. The molecule has 0 aliphatic carbocycles. The number of benzene rings is 1. The van der Waals surface area contributed by atoms with Gasteiger partial charge < -0.3 is 10.5 Å². The minimum atomic E-state index is 0.278. The van der Waals surface area contributed by atoms with Crippen LogP contribution in [0.25, 0.3) is 0 Å². The van der Waals surface area contributed by atoms with Crippen molar-refractivity contribution in [2.45, 2.75) is 46.1 Å². The molecule has 2 N–H and O–H groups in total. The fourth-order valence-corrected chi connectivity index (χ4v) is 1.56. The maximum Gasteiger partial charge on any atom is 0.142 e. The molecule has 0 saturated heterocycles. The Morgan fingerprint density at radius 1 is 1.20 bits per heavy atom. The number of rotatable bonds is 5. The van der Waals surface area contributed by atoms with Crippen LogP contribution in [0, 0.1) is 0 Å². The first kappa shape index (κ1) is 11.9. The van der Waals surface area contributed by atoms with Crippen LogP contribution in [0.3, 0.4) is 0 Å². The molecule has 0 atom stereocenters. The van der Waals surface area contributed by atoms with Crippen LogP contribution in [0.5, 0.6) is 5.75 Å². The van der Waals surface area contributed by atoms with Crippen molar-refractivity contribution < 1.29 is 4.74 Å². The Hall–Kier alpha value is -1.18. The fourth-order valence-electron chi connectivity index (χ4n) is 1.56. The highest BCUT2D eigenvalue weighted by molar-refractivity contribution is 5.54. The van der Waals surface area contributed by atoms with E-state index < -0.39 is 0 Å². The highest BCUT2D eigenvalue weighted by atomic mass is 16.5. The zero-order valence-electron chi connectivity index (χ0n) is 9.92. The predicted molar refractivity (Wildman–Crippen MR) is 65.2 cm³/mol. The molecule has 0 aliphatic rings. The first-order valence-electron chi connectivity index (χ1n) is 5.76. The quantitative estimate of drug-likeness (QED) is 0.751. The minimum Gasteiger partial charge on any atom is -0.488 e. The highest BCUT2D eigenvalue weighted by Gasteiger charge is 2.07. The number of nitrogen functional groups attached to an aromatic ring is 1. The minimum absolute atomic E-state index is 0.278. The van der Waals surface area contributed by atoms with Gasteiger partial charge in [-0.05, 0) is 37.0 Å². The number of ether oxygens (including phenoxy) is 1. The molecule has 0 spiro atoms. The molecule has 15 heavy (non-hydrogen) atoms. The highest BCUT2D eigenvalue weighted by Crippen LogP contribution is 2.25. The van der Waals surface area contributed by atoms with Crippen LogP contribution in [0.4, 0.5) is 5.69 Å². The monoisotopic (exact) mass is 207 g/mol. The molecule has 1 aromatic rings. The van der Waals surface area contributed by atoms with E-state index in [0.29, 0.717) is 0 Å². The van der Waals surface area contributed by atoms with Crippen LogP contribution in [0.1, 0.15) is 39.2 Å². The molecule has 0 bridgehead atoms. The van der Waals surface area contributed by atoms with Gasteiger partial charge in [0.05, 0.1) is 11.8 Å². The van der Waals surface area contributed by atoms with Crippen molar-refractivity contribution in [3.05, 3.63) is 23.8 Å². The SMILES string of the molecule is CCc1ccc(OC(CC)CC)c(N)c1. The van der Waals surface area contributed by atoms with Crippen molar-refractivity contribution in [1.82, 2.24) is 0 Å². The molecule has 0 heterocycles. The van der Waals surface area contributed by atoms with Crippen LogP contribution in [-0.4, -0.2) is 6.10 Å². The van der Waals surface area contributed by atoms with Crippen molar-refractivity contribution in [2.24, 2.45) is 0 Å². The van der Waals surface area contributed by atoms with Crippen LogP contribution in [0.2, 0.25) is 0 Å². The number of hydrogen-bond acceptors (Lipinski definition) is 2. The maximum atomic E-state index is 5.93. The second-order valence-electron chi connectivity index (χ2n) is 3.78. The molecule has 0 fully saturated rings. The van der Waals surface area contributed by atoms with Gasteiger partial charge in [0, 0.05) is 0 Å². The van der Waals surface area contributed by atoms with Crippen molar-refractivity contribution in [3.8, 4) is 5.75 Å². The number of anilines is 1. The van der Waals surface area contributed by atoms with Gasteiger partial charge in [0.15, 0.2) is 0 Å². The third-order valence-corrected chi connectivity index (χ3v) is 2.69. The average molecular weight is 207 g/mol. The Morgan fingerprint density at radius 2 is 1.87 bits per heavy atom. The zero-order valence-corrected chi connectivity index (χ0v) is 9.92. The third-order valence-electron chi connectivity index (χ3n) is 2.69. The van der Waals surface area contributed by atoms with Crippen molar-refractivity contribution in [1.29, 1.82) is 0 Å². The Bertz CT molecular complexity index is 305. The molecular formula is C13H21NO. The Morgan fingerprint density at radius 3 is 2.33 bits per heavy atom. The molecule has 1 rings (SSSR count). The fraction of sp³-hybridized carbons (Fsp3) is 0.538. The van der Waals surface area contributed by atoms with Crippen molar-refractivity contribution >= 4 is 5.69 Å². The maximum absolute atomic E-state index is 5.93. The first-order valence-corrected chi connectivity index (χ1v) is 5.76. The van der Waals surface area contributed by atoms with Gasteiger partial charge in [-0.25, -0.2) is 0 Å². The molecular weight excluding hydrogens is 186 g/mol. The van der Waals surface area contributed by atoms with Gasteiger partial charge in [-0.15, -0.1) is 0 Å². The van der Waals surface area contributed by atoms with Gasteiger partial charge in [-0.3, -0.25) is 0 Å². The molecule has 2 nitrogen and oxygen atoms in total. The lowest BCUT2D eigenvalue weighted by atomic mass is 10.1. The van der Waals surface area contributed by atoms with E-state index in [1.54, 1.807) is 0 Å². The van der Waals surface area contributed by atoms with Crippen molar-refractivity contribution in [2.75, 3.05) is 5.73 Å². The molecule has 0 amide bonds. The summed E-state index contributed by atoms with van der Waals surface area (Å²) < 4.78 is 5.82. The van der Waals surface area contributed by atoms with Gasteiger partial charge in [-0.2, -0.15) is 0 Å². The number of nitrogens with two attached hydrogens (primary N) is 1. The van der Waals surface area contributed by atoms with Crippen molar-refractivity contribution in [3.63, 3.8) is 0 Å². The van der Waals surface area contributed by atoms with E-state index in [9.17, 15) is 0 Å². The third kappa shape index (κ3) is 3.15. The van der Waals surface area contributed by atoms with Crippen LogP contribution in [-0.2, 0) is 6.42 Å². The zero-order chi connectivity index (χ0) is 11.3. The first-order chi connectivity index (χ1) is 7.21.